The van der Waals surface area contributed by atoms with E-state index in [-0.39, 0.29) is 5.56 Å². The number of hydrogen-bond acceptors (Lipinski definition) is 4. The number of hydrogen-bond donors (Lipinski definition) is 2. The van der Waals surface area contributed by atoms with Crippen molar-refractivity contribution in [3.63, 3.8) is 0 Å². The molecule has 242 valence electrons. The van der Waals surface area contributed by atoms with E-state index in [1.54, 1.807) is 24.3 Å². The number of carbonyl (C=O) groups is 1. The summed E-state index contributed by atoms with van der Waals surface area (Å²) in [6, 6.07) is 46.0. The molecule has 2 N–H and O–H groups in total. The average molecular weight is 658 g/mol. The minimum atomic E-state index is -1.22. The molecule has 0 saturated carbocycles. The molecule has 0 spiro atoms. The maximum atomic E-state index is 11.6. The smallest absolute Gasteiger partial charge is 0.0737 e. The van der Waals surface area contributed by atoms with E-state index in [0.717, 1.165) is 89.4 Å². The molecule has 0 amide bonds. The third-order valence-electron chi connectivity index (χ3n) is 9.35. The number of aromatic amines is 2. The van der Waals surface area contributed by atoms with Crippen LogP contribution in [0.25, 0.3) is 90.9 Å². The summed E-state index contributed by atoms with van der Waals surface area (Å²) < 4.78 is 0. The first-order valence-corrected chi connectivity index (χ1v) is 16.7. The molecule has 5 heterocycles. The van der Waals surface area contributed by atoms with Gasteiger partial charge in [-0.1, -0.05) is 115 Å². The van der Waals surface area contributed by atoms with Crippen LogP contribution in [0.5, 0.6) is 0 Å². The van der Waals surface area contributed by atoms with Crippen molar-refractivity contribution in [2.75, 3.05) is 0 Å². The van der Waals surface area contributed by atoms with E-state index in [1.165, 1.54) is 0 Å². The van der Waals surface area contributed by atoms with Crippen molar-refractivity contribution in [3.8, 4) is 44.5 Å². The van der Waals surface area contributed by atoms with Crippen LogP contribution in [-0.2, 0) is 0 Å². The maximum absolute atomic E-state index is 11.6. The van der Waals surface area contributed by atoms with Gasteiger partial charge in [-0.15, -0.1) is 0 Å². The van der Waals surface area contributed by atoms with Gasteiger partial charge in [-0.3, -0.25) is 0 Å². The summed E-state index contributed by atoms with van der Waals surface area (Å²) in [5, 5.41) is 11.6. The number of carboxylic acid groups (broad SMARTS) is 1. The number of carboxylic acids is 1. The van der Waals surface area contributed by atoms with Gasteiger partial charge in [-0.25, -0.2) is 9.97 Å². The molecule has 7 aromatic rings. The van der Waals surface area contributed by atoms with E-state index < -0.39 is 5.97 Å². The summed E-state index contributed by atoms with van der Waals surface area (Å²) in [6.45, 7) is 0. The van der Waals surface area contributed by atoms with Crippen molar-refractivity contribution in [3.05, 3.63) is 168 Å². The van der Waals surface area contributed by atoms with Crippen LogP contribution >= 0.6 is 0 Å². The fourth-order valence-corrected chi connectivity index (χ4v) is 7.01. The van der Waals surface area contributed by atoms with Crippen molar-refractivity contribution < 1.29 is 9.90 Å². The molecule has 6 nitrogen and oxygen atoms in total. The number of fused-ring (bicyclic) bond motifs is 8. The Morgan fingerprint density at radius 1 is 0.392 bits per heavy atom. The Morgan fingerprint density at radius 3 is 0.980 bits per heavy atom. The molecule has 9 rings (SSSR count). The lowest BCUT2D eigenvalue weighted by molar-refractivity contribution is -0.255. The molecule has 0 saturated heterocycles. The number of carbonyl (C=O) groups excluding carboxylic acids is 1. The van der Waals surface area contributed by atoms with Crippen LogP contribution < -0.4 is 5.11 Å². The Kier molecular flexibility index (Phi) is 7.33. The lowest BCUT2D eigenvalue weighted by Crippen LogP contribution is -2.21. The van der Waals surface area contributed by atoms with E-state index in [4.69, 9.17) is 9.97 Å². The molecule has 0 atom stereocenters. The third-order valence-corrected chi connectivity index (χ3v) is 9.35. The monoisotopic (exact) mass is 657 g/mol. The average Bonchev–Trinajstić information content (AvgIpc) is 4.01. The van der Waals surface area contributed by atoms with Gasteiger partial charge in [0, 0.05) is 44.3 Å². The standard InChI is InChI=1S/C45H30N4O2/c50-45(51)32-18-16-31(17-19-32)44-39-26-24-37(48-39)42(29-12-6-2-7-13-29)35-22-20-33(46-35)41(28-10-4-1-5-11-28)34-21-23-36(47-34)43(30-14-8-3-9-15-30)38-25-27-40(44)49-38/h1-27,46,49H,(H,50,51)/p-1. The van der Waals surface area contributed by atoms with Crippen molar-refractivity contribution in [1.29, 1.82) is 0 Å². The zero-order chi connectivity index (χ0) is 34.3. The minimum absolute atomic E-state index is 0.114. The molecule has 3 aromatic heterocycles. The van der Waals surface area contributed by atoms with Crippen molar-refractivity contribution >= 4 is 52.3 Å². The fourth-order valence-electron chi connectivity index (χ4n) is 7.01. The van der Waals surface area contributed by atoms with Crippen LogP contribution in [0.4, 0.5) is 0 Å². The van der Waals surface area contributed by atoms with Crippen LogP contribution in [0.2, 0.25) is 0 Å². The summed E-state index contributed by atoms with van der Waals surface area (Å²) in [5.74, 6) is -1.22. The normalized spacial score (nSPS) is 11.9. The Balaban J connectivity index is 1.46. The molecule has 8 bridgehead atoms. The molecule has 2 aliphatic heterocycles. The van der Waals surface area contributed by atoms with Crippen LogP contribution in [0.3, 0.4) is 0 Å². The Hall–Kier alpha value is -7.05. The lowest BCUT2D eigenvalue weighted by atomic mass is 10.0. The summed E-state index contributed by atoms with van der Waals surface area (Å²) in [7, 11) is 0. The lowest BCUT2D eigenvalue weighted by Gasteiger charge is -2.08. The second-order valence-electron chi connectivity index (χ2n) is 12.5. The van der Waals surface area contributed by atoms with Gasteiger partial charge in [0.15, 0.2) is 0 Å². The molecule has 0 radical (unpaired) electrons. The van der Waals surface area contributed by atoms with E-state index in [9.17, 15) is 9.90 Å². The minimum Gasteiger partial charge on any atom is -0.545 e. The van der Waals surface area contributed by atoms with E-state index in [1.807, 2.05) is 66.7 Å². The first-order chi connectivity index (χ1) is 25.1. The van der Waals surface area contributed by atoms with Gasteiger partial charge >= 0.3 is 0 Å². The number of benzene rings is 4. The number of rotatable bonds is 5. The van der Waals surface area contributed by atoms with Gasteiger partial charge in [0.2, 0.25) is 0 Å². The Labute approximate surface area is 293 Å². The van der Waals surface area contributed by atoms with Gasteiger partial charge < -0.3 is 19.9 Å². The molecule has 0 unspecified atom stereocenters. The fraction of sp³-hybridized carbons (Fsp3) is 0. The molecular formula is C45H29N4O2-. The van der Waals surface area contributed by atoms with Gasteiger partial charge in [0.1, 0.15) is 0 Å². The van der Waals surface area contributed by atoms with Crippen molar-refractivity contribution in [1.82, 2.24) is 19.9 Å². The second-order valence-corrected chi connectivity index (χ2v) is 12.5. The first kappa shape index (κ1) is 30.0. The highest BCUT2D eigenvalue weighted by atomic mass is 16.4. The number of nitrogens with one attached hydrogen (secondary N) is 2. The highest BCUT2D eigenvalue weighted by Gasteiger charge is 2.18. The zero-order valence-electron chi connectivity index (χ0n) is 27.3. The van der Waals surface area contributed by atoms with Gasteiger partial charge in [-0.2, -0.15) is 0 Å². The van der Waals surface area contributed by atoms with Crippen molar-refractivity contribution in [2.45, 2.75) is 0 Å². The highest BCUT2D eigenvalue weighted by Crippen LogP contribution is 2.38. The van der Waals surface area contributed by atoms with Crippen LogP contribution in [-0.4, -0.2) is 25.9 Å². The number of H-pyrrole nitrogens is 2. The predicted octanol–water partition coefficient (Wildman–Crippen LogP) is 9.69. The molecule has 2 aliphatic rings. The number of aromatic carboxylic acids is 1. The number of aromatic nitrogens is 4. The largest absolute Gasteiger partial charge is 0.545 e. The number of nitrogens with zero attached hydrogens (tertiary/aromatic N) is 2. The summed E-state index contributed by atoms with van der Waals surface area (Å²) >= 11 is 0. The highest BCUT2D eigenvalue weighted by molar-refractivity contribution is 6.00. The van der Waals surface area contributed by atoms with E-state index in [2.05, 4.69) is 82.8 Å². The molecule has 0 fully saturated rings. The van der Waals surface area contributed by atoms with Crippen LogP contribution in [0.1, 0.15) is 33.1 Å². The van der Waals surface area contributed by atoms with E-state index in [0.29, 0.717) is 0 Å². The first-order valence-electron chi connectivity index (χ1n) is 16.7. The van der Waals surface area contributed by atoms with Gasteiger partial charge in [-0.05, 0) is 76.4 Å². The summed E-state index contributed by atoms with van der Waals surface area (Å²) in [6.07, 6.45) is 8.24. The van der Waals surface area contributed by atoms with E-state index >= 15 is 0 Å². The van der Waals surface area contributed by atoms with Gasteiger partial charge in [0.05, 0.1) is 28.7 Å². The SMILES string of the molecule is O=C([O-])c1ccc(-c2c3nc(c(-c4ccccc4)c4ccc([nH]4)c(-c4ccccc4)c4nc(c(-c5ccccc5)c5ccc2[nH]5)C=C4)C=C3)cc1. The zero-order valence-corrected chi connectivity index (χ0v) is 27.3. The quantitative estimate of drug-likeness (QED) is 0.193. The molecule has 0 aliphatic carbocycles. The second kappa shape index (κ2) is 12.4. The Bertz CT molecular complexity index is 2650. The topological polar surface area (TPSA) is 97.5 Å². The molecule has 6 heteroatoms. The predicted molar refractivity (Wildman–Crippen MR) is 205 cm³/mol. The van der Waals surface area contributed by atoms with Crippen LogP contribution in [0, 0.1) is 0 Å². The van der Waals surface area contributed by atoms with Gasteiger partial charge in [0.25, 0.3) is 0 Å². The van der Waals surface area contributed by atoms with Crippen LogP contribution in [0.15, 0.2) is 140 Å². The third kappa shape index (κ3) is 5.45. The Morgan fingerprint density at radius 2 is 0.686 bits per heavy atom. The summed E-state index contributed by atoms with van der Waals surface area (Å²) in [4.78, 5) is 29.7. The van der Waals surface area contributed by atoms with Crippen molar-refractivity contribution in [2.24, 2.45) is 0 Å². The maximum Gasteiger partial charge on any atom is 0.0737 e. The molecule has 51 heavy (non-hydrogen) atoms. The summed E-state index contributed by atoms with van der Waals surface area (Å²) in [5.41, 5.74) is 14.6. The molecule has 4 aromatic carbocycles. The molecular weight excluding hydrogens is 629 g/mol.